The molecule has 1 amide bonds. The highest BCUT2D eigenvalue weighted by molar-refractivity contribution is 6.30. The Morgan fingerprint density at radius 2 is 2.20 bits per heavy atom. The average Bonchev–Trinajstić information content (AvgIpc) is 2.72. The van der Waals surface area contributed by atoms with Crippen molar-refractivity contribution in [3.8, 4) is 0 Å². The van der Waals surface area contributed by atoms with Gasteiger partial charge in [0.15, 0.2) is 0 Å². The SMILES string of the molecule is CCCCC(C)N1C(=O)C(C)NC1c1cccc(Cl)c1. The van der Waals surface area contributed by atoms with E-state index in [9.17, 15) is 4.79 Å². The van der Waals surface area contributed by atoms with E-state index in [0.717, 1.165) is 24.8 Å². The summed E-state index contributed by atoms with van der Waals surface area (Å²) in [5.74, 6) is 0.179. The van der Waals surface area contributed by atoms with E-state index >= 15 is 0 Å². The quantitative estimate of drug-likeness (QED) is 0.897. The van der Waals surface area contributed by atoms with E-state index in [1.54, 1.807) is 0 Å². The molecule has 3 atom stereocenters. The topological polar surface area (TPSA) is 32.3 Å². The molecule has 1 aromatic rings. The van der Waals surface area contributed by atoms with Crippen molar-refractivity contribution in [1.82, 2.24) is 10.2 Å². The fourth-order valence-electron chi connectivity index (χ4n) is 2.78. The lowest BCUT2D eigenvalue weighted by molar-refractivity contribution is -0.131. The van der Waals surface area contributed by atoms with Gasteiger partial charge in [0.25, 0.3) is 0 Å². The minimum atomic E-state index is -0.136. The molecule has 1 aliphatic heterocycles. The maximum Gasteiger partial charge on any atom is 0.241 e. The van der Waals surface area contributed by atoms with Gasteiger partial charge in [0, 0.05) is 11.1 Å². The summed E-state index contributed by atoms with van der Waals surface area (Å²) in [5, 5.41) is 4.08. The van der Waals surface area contributed by atoms with Crippen molar-refractivity contribution in [2.24, 2.45) is 0 Å². The number of rotatable bonds is 5. The van der Waals surface area contributed by atoms with Crippen LogP contribution in [0.3, 0.4) is 0 Å². The van der Waals surface area contributed by atoms with Gasteiger partial charge in [0.2, 0.25) is 5.91 Å². The number of nitrogens with zero attached hydrogens (tertiary/aromatic N) is 1. The summed E-state index contributed by atoms with van der Waals surface area (Å²) in [6, 6.07) is 7.85. The first-order valence-corrected chi connectivity index (χ1v) is 7.76. The monoisotopic (exact) mass is 294 g/mol. The fourth-order valence-corrected chi connectivity index (χ4v) is 2.98. The number of carbonyl (C=O) groups excluding carboxylic acids is 1. The summed E-state index contributed by atoms with van der Waals surface area (Å²) in [5.41, 5.74) is 1.05. The molecule has 110 valence electrons. The van der Waals surface area contributed by atoms with Crippen LogP contribution in [0.2, 0.25) is 5.02 Å². The zero-order valence-corrected chi connectivity index (χ0v) is 13.2. The van der Waals surface area contributed by atoms with Gasteiger partial charge >= 0.3 is 0 Å². The molecular weight excluding hydrogens is 272 g/mol. The lowest BCUT2D eigenvalue weighted by Gasteiger charge is -2.30. The molecule has 3 nitrogen and oxygen atoms in total. The predicted molar refractivity (Wildman–Crippen MR) is 82.6 cm³/mol. The molecule has 1 aliphatic rings. The second kappa shape index (κ2) is 6.59. The van der Waals surface area contributed by atoms with Gasteiger partial charge in [-0.05, 0) is 38.0 Å². The molecule has 1 saturated heterocycles. The van der Waals surface area contributed by atoms with Crippen molar-refractivity contribution in [3.05, 3.63) is 34.9 Å². The molecule has 0 spiro atoms. The molecule has 0 aromatic heterocycles. The molecule has 4 heteroatoms. The molecule has 1 heterocycles. The summed E-state index contributed by atoms with van der Waals surface area (Å²) >= 11 is 6.08. The minimum Gasteiger partial charge on any atom is -0.319 e. The van der Waals surface area contributed by atoms with Gasteiger partial charge in [0.05, 0.1) is 6.04 Å². The third-order valence-electron chi connectivity index (χ3n) is 3.93. The molecule has 20 heavy (non-hydrogen) atoms. The van der Waals surface area contributed by atoms with Crippen LogP contribution in [0.1, 0.15) is 51.8 Å². The van der Waals surface area contributed by atoms with Crippen molar-refractivity contribution >= 4 is 17.5 Å². The van der Waals surface area contributed by atoms with Crippen LogP contribution in [-0.2, 0) is 4.79 Å². The Morgan fingerprint density at radius 1 is 1.45 bits per heavy atom. The van der Waals surface area contributed by atoms with E-state index in [0.29, 0.717) is 5.02 Å². The van der Waals surface area contributed by atoms with Crippen LogP contribution in [0.5, 0.6) is 0 Å². The van der Waals surface area contributed by atoms with E-state index in [-0.39, 0.29) is 24.2 Å². The van der Waals surface area contributed by atoms with Gasteiger partial charge < -0.3 is 4.90 Å². The predicted octanol–water partition coefficient (Wildman–Crippen LogP) is 3.74. The Balaban J connectivity index is 2.23. The summed E-state index contributed by atoms with van der Waals surface area (Å²) in [4.78, 5) is 14.4. The maximum absolute atomic E-state index is 12.4. The summed E-state index contributed by atoms with van der Waals surface area (Å²) in [7, 11) is 0. The zero-order valence-electron chi connectivity index (χ0n) is 12.4. The maximum atomic E-state index is 12.4. The zero-order chi connectivity index (χ0) is 14.7. The van der Waals surface area contributed by atoms with Crippen molar-refractivity contribution in [3.63, 3.8) is 0 Å². The number of nitrogens with one attached hydrogen (secondary N) is 1. The average molecular weight is 295 g/mol. The van der Waals surface area contributed by atoms with Crippen LogP contribution in [0, 0.1) is 0 Å². The van der Waals surface area contributed by atoms with Gasteiger partial charge in [-0.25, -0.2) is 0 Å². The van der Waals surface area contributed by atoms with Gasteiger partial charge in [-0.1, -0.05) is 43.5 Å². The Labute approximate surface area is 126 Å². The van der Waals surface area contributed by atoms with Crippen LogP contribution in [0.4, 0.5) is 0 Å². The molecular formula is C16H23ClN2O. The van der Waals surface area contributed by atoms with E-state index in [2.05, 4.69) is 19.2 Å². The van der Waals surface area contributed by atoms with Crippen molar-refractivity contribution in [2.45, 2.75) is 58.3 Å². The Bertz CT molecular complexity index is 477. The van der Waals surface area contributed by atoms with Crippen molar-refractivity contribution in [2.75, 3.05) is 0 Å². The molecule has 3 unspecified atom stereocenters. The highest BCUT2D eigenvalue weighted by Gasteiger charge is 2.39. The number of unbranched alkanes of at least 4 members (excludes halogenated alkanes) is 1. The van der Waals surface area contributed by atoms with Gasteiger partial charge in [0.1, 0.15) is 6.17 Å². The van der Waals surface area contributed by atoms with Crippen LogP contribution >= 0.6 is 11.6 Å². The molecule has 1 N–H and O–H groups in total. The van der Waals surface area contributed by atoms with Gasteiger partial charge in [-0.15, -0.1) is 0 Å². The van der Waals surface area contributed by atoms with E-state index in [1.807, 2.05) is 36.1 Å². The molecule has 1 aromatic carbocycles. The molecule has 0 radical (unpaired) electrons. The third kappa shape index (κ3) is 3.15. The van der Waals surface area contributed by atoms with Crippen LogP contribution in [0.25, 0.3) is 0 Å². The molecule has 0 aliphatic carbocycles. The Morgan fingerprint density at radius 3 is 2.85 bits per heavy atom. The number of carbonyl (C=O) groups is 1. The standard InChI is InChI=1S/C16H23ClN2O/c1-4-5-7-11(2)19-15(18-12(3)16(19)20)13-8-6-9-14(17)10-13/h6,8-12,15,18H,4-5,7H2,1-3H3. The number of hydrogen-bond donors (Lipinski definition) is 1. The van der Waals surface area contributed by atoms with E-state index < -0.39 is 0 Å². The van der Waals surface area contributed by atoms with Gasteiger partial charge in [-0.3, -0.25) is 10.1 Å². The number of amides is 1. The normalized spacial score (nSPS) is 24.2. The third-order valence-corrected chi connectivity index (χ3v) is 4.16. The highest BCUT2D eigenvalue weighted by Crippen LogP contribution is 2.30. The minimum absolute atomic E-state index is 0.0666. The summed E-state index contributed by atoms with van der Waals surface area (Å²) in [6.07, 6.45) is 3.26. The van der Waals surface area contributed by atoms with Crippen LogP contribution in [-0.4, -0.2) is 22.9 Å². The van der Waals surface area contributed by atoms with Crippen LogP contribution in [0.15, 0.2) is 24.3 Å². The summed E-state index contributed by atoms with van der Waals surface area (Å²) in [6.45, 7) is 6.23. The first-order chi connectivity index (χ1) is 9.54. The van der Waals surface area contributed by atoms with Gasteiger partial charge in [-0.2, -0.15) is 0 Å². The second-order valence-corrected chi connectivity index (χ2v) is 6.02. The Kier molecular flexibility index (Phi) is 5.06. The molecule has 2 rings (SSSR count). The number of halogens is 1. The second-order valence-electron chi connectivity index (χ2n) is 5.58. The van der Waals surface area contributed by atoms with Crippen LogP contribution < -0.4 is 5.32 Å². The number of benzene rings is 1. The smallest absolute Gasteiger partial charge is 0.241 e. The first kappa shape index (κ1) is 15.3. The van der Waals surface area contributed by atoms with E-state index in [4.69, 9.17) is 11.6 Å². The van der Waals surface area contributed by atoms with Crippen molar-refractivity contribution < 1.29 is 4.79 Å². The lowest BCUT2D eigenvalue weighted by atomic mass is 10.1. The number of hydrogen-bond acceptors (Lipinski definition) is 2. The molecule has 0 saturated carbocycles. The van der Waals surface area contributed by atoms with E-state index in [1.165, 1.54) is 0 Å². The molecule has 1 fully saturated rings. The highest BCUT2D eigenvalue weighted by atomic mass is 35.5. The fraction of sp³-hybridized carbons (Fsp3) is 0.562. The molecule has 0 bridgehead atoms. The Hall–Kier alpha value is -1.06. The first-order valence-electron chi connectivity index (χ1n) is 7.38. The lowest BCUT2D eigenvalue weighted by Crippen LogP contribution is -2.38. The largest absolute Gasteiger partial charge is 0.319 e. The summed E-state index contributed by atoms with van der Waals surface area (Å²) < 4.78 is 0. The van der Waals surface area contributed by atoms with Crippen molar-refractivity contribution in [1.29, 1.82) is 0 Å².